The molecule has 2 N–H and O–H groups in total. The summed E-state index contributed by atoms with van der Waals surface area (Å²) in [5.74, 6) is 0. The summed E-state index contributed by atoms with van der Waals surface area (Å²) < 4.78 is 0. The number of aliphatic hydroxyl groups is 1. The smallest absolute Gasteiger partial charge is 0.102 e. The van der Waals surface area contributed by atoms with Crippen LogP contribution in [0.3, 0.4) is 0 Å². The number of hydrogen-bond acceptors (Lipinski definition) is 4. The molecule has 1 atom stereocenters. The van der Waals surface area contributed by atoms with Gasteiger partial charge in [-0.3, -0.25) is 0 Å². The van der Waals surface area contributed by atoms with Gasteiger partial charge >= 0.3 is 0 Å². The van der Waals surface area contributed by atoms with Crippen molar-refractivity contribution in [1.29, 1.82) is 5.26 Å². The molecule has 0 aromatic heterocycles. The van der Waals surface area contributed by atoms with Crippen LogP contribution in [0.1, 0.15) is 36.0 Å². The summed E-state index contributed by atoms with van der Waals surface area (Å²) in [6.07, 6.45) is 3.41. The summed E-state index contributed by atoms with van der Waals surface area (Å²) in [6, 6.07) is 18.8. The third-order valence-electron chi connectivity index (χ3n) is 5.24. The summed E-state index contributed by atoms with van der Waals surface area (Å²) in [4.78, 5) is 2.09. The van der Waals surface area contributed by atoms with Gasteiger partial charge in [0.15, 0.2) is 0 Å². The number of benzene rings is 2. The van der Waals surface area contributed by atoms with E-state index in [0.29, 0.717) is 13.0 Å². The highest BCUT2D eigenvalue weighted by Crippen LogP contribution is 2.34. The van der Waals surface area contributed by atoms with Gasteiger partial charge in [0, 0.05) is 32.4 Å². The Morgan fingerprint density at radius 3 is 2.73 bits per heavy atom. The van der Waals surface area contributed by atoms with E-state index in [-0.39, 0.29) is 0 Å². The van der Waals surface area contributed by atoms with Crippen LogP contribution < -0.4 is 10.2 Å². The first-order valence-electron chi connectivity index (χ1n) is 9.31. The van der Waals surface area contributed by atoms with E-state index in [0.717, 1.165) is 43.6 Å². The fourth-order valence-corrected chi connectivity index (χ4v) is 3.71. The van der Waals surface area contributed by atoms with E-state index in [1.807, 2.05) is 19.2 Å². The van der Waals surface area contributed by atoms with Crippen molar-refractivity contribution in [1.82, 2.24) is 5.32 Å². The summed E-state index contributed by atoms with van der Waals surface area (Å²) in [6.45, 7) is 2.03. The molecule has 4 nitrogen and oxygen atoms in total. The van der Waals surface area contributed by atoms with Gasteiger partial charge in [0.1, 0.15) is 5.60 Å². The van der Waals surface area contributed by atoms with E-state index in [2.05, 4.69) is 52.7 Å². The highest BCUT2D eigenvalue weighted by atomic mass is 16.3. The molecule has 1 unspecified atom stereocenters. The number of anilines is 1. The Bertz CT molecular complexity index is 766. The van der Waals surface area contributed by atoms with Crippen molar-refractivity contribution in [3.8, 4) is 6.07 Å². The van der Waals surface area contributed by atoms with Gasteiger partial charge in [0.25, 0.3) is 0 Å². The molecule has 3 rings (SSSR count). The van der Waals surface area contributed by atoms with Crippen molar-refractivity contribution in [2.75, 3.05) is 25.0 Å². The average molecular weight is 349 g/mol. The number of nitrogens with zero attached hydrogens (tertiary/aromatic N) is 2. The van der Waals surface area contributed by atoms with Crippen molar-refractivity contribution in [2.24, 2.45) is 0 Å². The molecule has 0 heterocycles. The van der Waals surface area contributed by atoms with Crippen LogP contribution in [0.15, 0.2) is 48.5 Å². The molecule has 1 aliphatic rings. The van der Waals surface area contributed by atoms with Gasteiger partial charge in [-0.2, -0.15) is 5.26 Å². The van der Waals surface area contributed by atoms with Crippen LogP contribution in [0.4, 0.5) is 5.69 Å². The van der Waals surface area contributed by atoms with Gasteiger partial charge in [-0.25, -0.2) is 0 Å². The highest BCUT2D eigenvalue weighted by Gasteiger charge is 2.33. The Kier molecular flexibility index (Phi) is 5.92. The summed E-state index contributed by atoms with van der Waals surface area (Å²) in [5, 5.41) is 23.2. The molecule has 0 saturated heterocycles. The molecule has 136 valence electrons. The summed E-state index contributed by atoms with van der Waals surface area (Å²) >= 11 is 0. The van der Waals surface area contributed by atoms with Crippen molar-refractivity contribution in [3.05, 3.63) is 65.2 Å². The predicted octanol–water partition coefficient (Wildman–Crippen LogP) is 3.35. The van der Waals surface area contributed by atoms with Gasteiger partial charge in [-0.1, -0.05) is 36.4 Å². The van der Waals surface area contributed by atoms with Crippen LogP contribution in [0.25, 0.3) is 0 Å². The second kappa shape index (κ2) is 8.35. The van der Waals surface area contributed by atoms with Gasteiger partial charge in [-0.05, 0) is 48.1 Å². The Morgan fingerprint density at radius 2 is 1.96 bits per heavy atom. The second-order valence-corrected chi connectivity index (χ2v) is 7.14. The lowest BCUT2D eigenvalue weighted by Crippen LogP contribution is -2.40. The monoisotopic (exact) mass is 349 g/mol. The quantitative estimate of drug-likeness (QED) is 0.805. The molecule has 0 bridgehead atoms. The minimum atomic E-state index is -0.772. The van der Waals surface area contributed by atoms with E-state index in [9.17, 15) is 5.11 Å². The third kappa shape index (κ3) is 4.24. The van der Waals surface area contributed by atoms with E-state index in [1.165, 1.54) is 11.1 Å². The van der Waals surface area contributed by atoms with E-state index >= 15 is 0 Å². The molecule has 4 heteroatoms. The Labute approximate surface area is 156 Å². The lowest BCUT2D eigenvalue weighted by molar-refractivity contribution is 0.0189. The maximum atomic E-state index is 11.1. The molecule has 0 saturated carbocycles. The van der Waals surface area contributed by atoms with Crippen LogP contribution in [-0.2, 0) is 18.6 Å². The standard InChI is InChI=1S/C22H27N3O/c1-25(15-5-14-23)20-11-9-18(10-12-20)16-24-17-22(26)13-4-7-19-6-2-3-8-21(19)22/h2-3,6,8-12,24,26H,4-5,7,13,15-17H2,1H3. The zero-order valence-electron chi connectivity index (χ0n) is 15.4. The Morgan fingerprint density at radius 1 is 1.19 bits per heavy atom. The normalized spacial score (nSPS) is 18.8. The number of fused-ring (bicyclic) bond motifs is 1. The third-order valence-corrected chi connectivity index (χ3v) is 5.24. The van der Waals surface area contributed by atoms with Gasteiger partial charge in [0.05, 0.1) is 12.5 Å². The molecular formula is C22H27N3O. The fraction of sp³-hybridized carbons (Fsp3) is 0.409. The maximum Gasteiger partial charge on any atom is 0.102 e. The molecule has 2 aromatic carbocycles. The minimum absolute atomic E-state index is 0.528. The predicted molar refractivity (Wildman–Crippen MR) is 105 cm³/mol. The van der Waals surface area contributed by atoms with Crippen LogP contribution >= 0.6 is 0 Å². The topological polar surface area (TPSA) is 59.3 Å². The zero-order valence-corrected chi connectivity index (χ0v) is 15.4. The van der Waals surface area contributed by atoms with Crippen molar-refractivity contribution < 1.29 is 5.11 Å². The summed E-state index contributed by atoms with van der Waals surface area (Å²) in [5.41, 5.74) is 3.88. The van der Waals surface area contributed by atoms with Crippen molar-refractivity contribution >= 4 is 5.69 Å². The SMILES string of the molecule is CN(CCC#N)c1ccc(CNCC2(O)CCCc3ccccc32)cc1. The molecule has 26 heavy (non-hydrogen) atoms. The number of nitriles is 1. The molecule has 2 aromatic rings. The number of rotatable bonds is 7. The molecular weight excluding hydrogens is 322 g/mol. The lowest BCUT2D eigenvalue weighted by atomic mass is 9.79. The molecule has 0 fully saturated rings. The first-order valence-corrected chi connectivity index (χ1v) is 9.31. The molecule has 1 aliphatic carbocycles. The molecule has 0 aliphatic heterocycles. The van der Waals surface area contributed by atoms with Crippen LogP contribution in [0.2, 0.25) is 0 Å². The van der Waals surface area contributed by atoms with Gasteiger partial charge < -0.3 is 15.3 Å². The van der Waals surface area contributed by atoms with Crippen LogP contribution in [0, 0.1) is 11.3 Å². The fourth-order valence-electron chi connectivity index (χ4n) is 3.71. The van der Waals surface area contributed by atoms with Crippen LogP contribution in [-0.4, -0.2) is 25.2 Å². The maximum absolute atomic E-state index is 11.1. The number of aryl methyl sites for hydroxylation is 1. The molecule has 0 amide bonds. The zero-order chi connectivity index (χ0) is 18.4. The van der Waals surface area contributed by atoms with Gasteiger partial charge in [-0.15, -0.1) is 0 Å². The van der Waals surface area contributed by atoms with E-state index < -0.39 is 5.60 Å². The second-order valence-electron chi connectivity index (χ2n) is 7.14. The first kappa shape index (κ1) is 18.4. The van der Waals surface area contributed by atoms with E-state index in [1.54, 1.807) is 0 Å². The molecule has 0 radical (unpaired) electrons. The van der Waals surface area contributed by atoms with Crippen LogP contribution in [0.5, 0.6) is 0 Å². The van der Waals surface area contributed by atoms with Crippen molar-refractivity contribution in [3.63, 3.8) is 0 Å². The van der Waals surface area contributed by atoms with E-state index in [4.69, 9.17) is 5.26 Å². The van der Waals surface area contributed by atoms with Crippen molar-refractivity contribution in [2.45, 2.75) is 37.8 Å². The molecule has 0 spiro atoms. The first-order chi connectivity index (χ1) is 12.6. The lowest BCUT2D eigenvalue weighted by Gasteiger charge is -2.34. The highest BCUT2D eigenvalue weighted by molar-refractivity contribution is 5.47. The largest absolute Gasteiger partial charge is 0.384 e. The number of nitrogens with one attached hydrogen (secondary N) is 1. The Balaban J connectivity index is 1.56. The number of hydrogen-bond donors (Lipinski definition) is 2. The minimum Gasteiger partial charge on any atom is -0.384 e. The average Bonchev–Trinajstić information content (AvgIpc) is 2.67. The Hall–Kier alpha value is -2.35. The summed E-state index contributed by atoms with van der Waals surface area (Å²) in [7, 11) is 2.00. The van der Waals surface area contributed by atoms with Gasteiger partial charge in [0.2, 0.25) is 0 Å².